The number of Topliss-reactive ketones (excluding diaryl/α,β-unsaturated/α-hetero) is 1. The smallest absolute Gasteiger partial charge is 0.240 e. The van der Waals surface area contributed by atoms with Crippen LogP contribution in [0, 0.1) is 0 Å². The Morgan fingerprint density at radius 3 is 2.14 bits per heavy atom. The van der Waals surface area contributed by atoms with Crippen LogP contribution in [0.4, 0.5) is 0 Å². The van der Waals surface area contributed by atoms with E-state index in [9.17, 15) is 18.0 Å². The molecule has 6 nitrogen and oxygen atoms in total. The van der Waals surface area contributed by atoms with Crippen molar-refractivity contribution in [1.82, 2.24) is 9.62 Å². The Morgan fingerprint density at radius 2 is 1.61 bits per heavy atom. The fraction of sp³-hybridized carbons (Fsp3) is 0.333. The topological polar surface area (TPSA) is 83.5 Å². The summed E-state index contributed by atoms with van der Waals surface area (Å²) in [5.41, 5.74) is 1.47. The summed E-state index contributed by atoms with van der Waals surface area (Å²) in [6.45, 7) is 5.77. The van der Waals surface area contributed by atoms with Crippen molar-refractivity contribution in [3.63, 3.8) is 0 Å². The fourth-order valence-corrected chi connectivity index (χ4v) is 3.76. The number of hydrogen-bond acceptors (Lipinski definition) is 4. The first kappa shape index (κ1) is 21.8. The third-order valence-corrected chi connectivity index (χ3v) is 5.82. The van der Waals surface area contributed by atoms with E-state index in [0.29, 0.717) is 12.1 Å². The van der Waals surface area contributed by atoms with Gasteiger partial charge < -0.3 is 4.90 Å². The van der Waals surface area contributed by atoms with Crippen LogP contribution in [-0.4, -0.2) is 37.6 Å². The van der Waals surface area contributed by atoms with Crippen LogP contribution in [0.25, 0.3) is 0 Å². The van der Waals surface area contributed by atoms with Crippen LogP contribution in [0.5, 0.6) is 0 Å². The van der Waals surface area contributed by atoms with Crippen molar-refractivity contribution < 1.29 is 18.0 Å². The third kappa shape index (κ3) is 6.00. The van der Waals surface area contributed by atoms with Gasteiger partial charge in [-0.1, -0.05) is 42.5 Å². The number of nitrogens with one attached hydrogen (secondary N) is 1. The van der Waals surface area contributed by atoms with E-state index in [0.717, 1.165) is 5.56 Å². The zero-order valence-corrected chi connectivity index (χ0v) is 17.2. The summed E-state index contributed by atoms with van der Waals surface area (Å²) in [5.74, 6) is -0.247. The molecule has 1 N–H and O–H groups in total. The number of carbonyl (C=O) groups excluding carboxylic acids is 2. The summed E-state index contributed by atoms with van der Waals surface area (Å²) in [4.78, 5) is 25.7. The molecule has 0 fully saturated rings. The van der Waals surface area contributed by atoms with Gasteiger partial charge in [-0.3, -0.25) is 9.59 Å². The van der Waals surface area contributed by atoms with Crippen molar-refractivity contribution in [1.29, 1.82) is 0 Å². The molecule has 1 amide bonds. The van der Waals surface area contributed by atoms with Gasteiger partial charge in [0.2, 0.25) is 15.9 Å². The van der Waals surface area contributed by atoms with Crippen molar-refractivity contribution in [3.05, 3.63) is 65.7 Å². The number of carbonyl (C=O) groups is 2. The number of amides is 1. The van der Waals surface area contributed by atoms with E-state index >= 15 is 0 Å². The first-order chi connectivity index (χ1) is 13.2. The van der Waals surface area contributed by atoms with Crippen LogP contribution in [-0.2, 0) is 21.4 Å². The molecule has 0 aromatic heterocycles. The number of nitrogens with zero attached hydrogens (tertiary/aromatic N) is 1. The summed E-state index contributed by atoms with van der Waals surface area (Å²) in [6.07, 6.45) is 0.0653. The number of hydrogen-bond donors (Lipinski definition) is 1. The van der Waals surface area contributed by atoms with E-state index in [1.165, 1.54) is 31.2 Å². The van der Waals surface area contributed by atoms with Gasteiger partial charge in [-0.2, -0.15) is 0 Å². The Labute approximate surface area is 166 Å². The Morgan fingerprint density at radius 1 is 1.00 bits per heavy atom. The van der Waals surface area contributed by atoms with Crippen LogP contribution >= 0.6 is 0 Å². The molecule has 2 aromatic carbocycles. The Balaban J connectivity index is 1.95. The van der Waals surface area contributed by atoms with Gasteiger partial charge in [0.05, 0.1) is 4.90 Å². The lowest BCUT2D eigenvalue weighted by molar-refractivity contribution is -0.133. The lowest BCUT2D eigenvalue weighted by atomic mass is 10.2. The highest BCUT2D eigenvalue weighted by Crippen LogP contribution is 2.12. The second-order valence-electron chi connectivity index (χ2n) is 6.83. The lowest BCUT2D eigenvalue weighted by Gasteiger charge is -2.27. The lowest BCUT2D eigenvalue weighted by Crippen LogP contribution is -2.38. The molecule has 0 aliphatic carbocycles. The number of rotatable bonds is 9. The van der Waals surface area contributed by atoms with Crippen molar-refractivity contribution in [2.45, 2.75) is 44.7 Å². The van der Waals surface area contributed by atoms with Crippen LogP contribution in [0.1, 0.15) is 43.1 Å². The van der Waals surface area contributed by atoms with E-state index < -0.39 is 10.0 Å². The predicted molar refractivity (Wildman–Crippen MR) is 108 cm³/mol. The second-order valence-corrected chi connectivity index (χ2v) is 8.60. The highest BCUT2D eigenvalue weighted by Gasteiger charge is 2.19. The van der Waals surface area contributed by atoms with E-state index in [-0.39, 0.29) is 35.6 Å². The highest BCUT2D eigenvalue weighted by molar-refractivity contribution is 7.89. The van der Waals surface area contributed by atoms with Gasteiger partial charge in [0, 0.05) is 31.1 Å². The average Bonchev–Trinajstić information content (AvgIpc) is 2.66. The molecule has 0 heterocycles. The molecule has 28 heavy (non-hydrogen) atoms. The summed E-state index contributed by atoms with van der Waals surface area (Å²) in [7, 11) is -3.74. The number of ketones is 1. The van der Waals surface area contributed by atoms with Gasteiger partial charge in [0.25, 0.3) is 0 Å². The van der Waals surface area contributed by atoms with Gasteiger partial charge in [0.15, 0.2) is 5.78 Å². The van der Waals surface area contributed by atoms with Crippen molar-refractivity contribution in [3.8, 4) is 0 Å². The van der Waals surface area contributed by atoms with Gasteiger partial charge in [0.1, 0.15) is 0 Å². The summed E-state index contributed by atoms with van der Waals surface area (Å²) in [6, 6.07) is 15.4. The molecule has 0 saturated carbocycles. The number of benzene rings is 2. The summed E-state index contributed by atoms with van der Waals surface area (Å²) in [5, 5.41) is 0. The first-order valence-electron chi connectivity index (χ1n) is 9.15. The maximum absolute atomic E-state index is 12.6. The van der Waals surface area contributed by atoms with Crippen LogP contribution in [0.15, 0.2) is 59.5 Å². The molecule has 0 radical (unpaired) electrons. The van der Waals surface area contributed by atoms with Crippen LogP contribution in [0.3, 0.4) is 0 Å². The molecular weight excluding hydrogens is 376 g/mol. The normalized spacial score (nSPS) is 11.4. The molecule has 0 atom stereocenters. The van der Waals surface area contributed by atoms with Crippen LogP contribution in [0.2, 0.25) is 0 Å². The van der Waals surface area contributed by atoms with E-state index in [4.69, 9.17) is 0 Å². The minimum Gasteiger partial charge on any atom is -0.336 e. The molecule has 150 valence electrons. The predicted octanol–water partition coefficient (Wildman–Crippen LogP) is 2.99. The van der Waals surface area contributed by atoms with Gasteiger partial charge in [-0.25, -0.2) is 13.1 Å². The SMILES string of the molecule is CC(=O)c1ccc(S(=O)(=O)NCCC(=O)N(Cc2ccccc2)C(C)C)cc1. The second kappa shape index (κ2) is 9.61. The summed E-state index contributed by atoms with van der Waals surface area (Å²) >= 11 is 0. The van der Waals surface area contributed by atoms with Crippen molar-refractivity contribution >= 4 is 21.7 Å². The molecule has 0 saturated heterocycles. The fourth-order valence-electron chi connectivity index (χ4n) is 2.73. The minimum atomic E-state index is -3.74. The Bertz CT molecular complexity index is 907. The molecule has 0 spiro atoms. The maximum atomic E-state index is 12.6. The zero-order valence-electron chi connectivity index (χ0n) is 16.4. The molecule has 2 aromatic rings. The van der Waals surface area contributed by atoms with Crippen molar-refractivity contribution in [2.24, 2.45) is 0 Å². The van der Waals surface area contributed by atoms with E-state index in [2.05, 4.69) is 4.72 Å². The Kier molecular flexibility index (Phi) is 7.48. The molecule has 7 heteroatoms. The van der Waals surface area contributed by atoms with Crippen LogP contribution < -0.4 is 4.72 Å². The molecule has 0 aliphatic heterocycles. The first-order valence-corrected chi connectivity index (χ1v) is 10.6. The third-order valence-electron chi connectivity index (χ3n) is 4.34. The molecule has 0 aliphatic rings. The monoisotopic (exact) mass is 402 g/mol. The quantitative estimate of drug-likeness (QED) is 0.654. The molecule has 0 unspecified atom stereocenters. The van der Waals surface area contributed by atoms with Gasteiger partial charge >= 0.3 is 0 Å². The standard InChI is InChI=1S/C21H26N2O4S/c1-16(2)23(15-18-7-5-4-6-8-18)21(25)13-14-22-28(26,27)20-11-9-19(10-12-20)17(3)24/h4-12,16,22H,13-15H2,1-3H3. The van der Waals surface area contributed by atoms with E-state index in [1.54, 1.807) is 4.90 Å². The molecular formula is C21H26N2O4S. The maximum Gasteiger partial charge on any atom is 0.240 e. The largest absolute Gasteiger partial charge is 0.336 e. The number of sulfonamides is 1. The van der Waals surface area contributed by atoms with Gasteiger partial charge in [-0.05, 0) is 38.5 Å². The minimum absolute atomic E-state index is 0.00318. The van der Waals surface area contributed by atoms with E-state index in [1.807, 2.05) is 44.2 Å². The van der Waals surface area contributed by atoms with Gasteiger partial charge in [-0.15, -0.1) is 0 Å². The highest BCUT2D eigenvalue weighted by atomic mass is 32.2. The summed E-state index contributed by atoms with van der Waals surface area (Å²) < 4.78 is 27.2. The van der Waals surface area contributed by atoms with Crippen molar-refractivity contribution in [2.75, 3.05) is 6.54 Å². The molecule has 0 bridgehead atoms. The Hall–Kier alpha value is -2.51. The average molecular weight is 403 g/mol. The molecule has 2 rings (SSSR count). The zero-order chi connectivity index (χ0) is 20.7.